The molecule has 2 N–H and O–H groups in total. The number of rotatable bonds is 8. The Morgan fingerprint density at radius 2 is 1.87 bits per heavy atom. The summed E-state index contributed by atoms with van der Waals surface area (Å²) in [7, 11) is -2.65. The van der Waals surface area contributed by atoms with Crippen LogP contribution in [0, 0.1) is 12.7 Å². The number of pyridine rings is 2. The zero-order chi connectivity index (χ0) is 21.7. The van der Waals surface area contributed by atoms with Gasteiger partial charge in [0, 0.05) is 30.8 Å². The number of hydrogen-bond donors (Lipinski definition) is 2. The maximum atomic E-state index is 14.8. The molecule has 30 heavy (non-hydrogen) atoms. The van der Waals surface area contributed by atoms with Gasteiger partial charge in [0.15, 0.2) is 11.6 Å². The summed E-state index contributed by atoms with van der Waals surface area (Å²) in [6, 6.07) is 9.18. The van der Waals surface area contributed by atoms with Gasteiger partial charge in [0.25, 0.3) is 10.2 Å². The fourth-order valence-corrected chi connectivity index (χ4v) is 3.58. The Morgan fingerprint density at radius 1 is 1.13 bits per heavy atom. The van der Waals surface area contributed by atoms with Gasteiger partial charge < -0.3 is 4.74 Å². The average molecular weight is 449 g/mol. The fraction of sp³-hybridized carbons (Fsp3) is 0.200. The van der Waals surface area contributed by atoms with Crippen LogP contribution in [0.4, 0.5) is 10.2 Å². The van der Waals surface area contributed by atoms with Crippen molar-refractivity contribution in [3.05, 3.63) is 71.4 Å². The first-order chi connectivity index (χ1) is 14.3. The van der Waals surface area contributed by atoms with E-state index in [1.807, 2.05) is 37.4 Å². The molecule has 0 aliphatic rings. The summed E-state index contributed by atoms with van der Waals surface area (Å²) < 4.78 is 48.2. The van der Waals surface area contributed by atoms with Crippen molar-refractivity contribution in [2.45, 2.75) is 18.2 Å². The summed E-state index contributed by atoms with van der Waals surface area (Å²) in [6.45, 7) is 1.87. The van der Waals surface area contributed by atoms with Crippen LogP contribution in [0.15, 0.2) is 53.8 Å². The summed E-state index contributed by atoms with van der Waals surface area (Å²) in [6.07, 6.45) is 6.79. The molecule has 0 saturated heterocycles. The summed E-state index contributed by atoms with van der Waals surface area (Å²) in [5.74, 6) is 0.132. The van der Waals surface area contributed by atoms with Gasteiger partial charge in [0.05, 0.1) is 6.20 Å². The van der Waals surface area contributed by atoms with E-state index in [0.717, 1.165) is 16.0 Å². The van der Waals surface area contributed by atoms with Crippen molar-refractivity contribution in [2.24, 2.45) is 0 Å². The summed E-state index contributed by atoms with van der Waals surface area (Å²) >= 11 is 1.64. The number of benzene rings is 1. The molecule has 7 nitrogen and oxygen atoms in total. The SMILES string of the molecule is CNS(=O)(=O)Nc1nccc(Cc2cncc(Oc3ccc(SC)cc3)c2C)c1F. The Labute approximate surface area is 179 Å². The summed E-state index contributed by atoms with van der Waals surface area (Å²) in [5.41, 5.74) is 1.85. The number of ether oxygens (including phenoxy) is 1. The van der Waals surface area contributed by atoms with E-state index in [-0.39, 0.29) is 17.8 Å². The second-order valence-electron chi connectivity index (χ2n) is 6.32. The standard InChI is InChI=1S/C20H21FN4O3S2/c1-13-15(10-14-8-9-24-20(19(14)21)25-30(26,27)22-2)11-23-12-18(13)28-16-4-6-17(29-3)7-5-16/h4-9,11-12,22H,10H2,1-3H3,(H,24,25). The van der Waals surface area contributed by atoms with Gasteiger partial charge in [0.2, 0.25) is 0 Å². The molecule has 2 heterocycles. The van der Waals surface area contributed by atoms with Gasteiger partial charge in [-0.25, -0.2) is 14.1 Å². The van der Waals surface area contributed by atoms with E-state index >= 15 is 0 Å². The highest BCUT2D eigenvalue weighted by Crippen LogP contribution is 2.29. The number of halogens is 1. The van der Waals surface area contributed by atoms with Crippen LogP contribution in [0.5, 0.6) is 11.5 Å². The third kappa shape index (κ3) is 5.26. The number of hydrogen-bond acceptors (Lipinski definition) is 6. The number of thioether (sulfide) groups is 1. The van der Waals surface area contributed by atoms with Gasteiger partial charge in [-0.15, -0.1) is 11.8 Å². The molecule has 0 aliphatic heterocycles. The Morgan fingerprint density at radius 3 is 2.53 bits per heavy atom. The van der Waals surface area contributed by atoms with Crippen LogP contribution < -0.4 is 14.2 Å². The van der Waals surface area contributed by atoms with Crippen molar-refractivity contribution in [1.82, 2.24) is 14.7 Å². The minimum absolute atomic E-state index is 0.198. The highest BCUT2D eigenvalue weighted by Gasteiger charge is 2.17. The van der Waals surface area contributed by atoms with Gasteiger partial charge in [-0.05, 0) is 60.2 Å². The largest absolute Gasteiger partial charge is 0.455 e. The van der Waals surface area contributed by atoms with Crippen LogP contribution in [0.2, 0.25) is 0 Å². The van der Waals surface area contributed by atoms with Gasteiger partial charge in [-0.3, -0.25) is 9.71 Å². The zero-order valence-electron chi connectivity index (χ0n) is 16.6. The van der Waals surface area contributed by atoms with E-state index < -0.39 is 16.0 Å². The predicted octanol–water partition coefficient (Wildman–Crippen LogP) is 3.91. The molecule has 1 aromatic carbocycles. The third-order valence-corrected chi connectivity index (χ3v) is 6.15. The van der Waals surface area contributed by atoms with E-state index in [4.69, 9.17) is 4.74 Å². The Bertz CT molecular complexity index is 1140. The first-order valence-corrected chi connectivity index (χ1v) is 11.6. The molecule has 0 radical (unpaired) electrons. The van der Waals surface area contributed by atoms with Crippen LogP contribution >= 0.6 is 11.8 Å². The molecule has 2 aromatic heterocycles. The van der Waals surface area contributed by atoms with Crippen LogP contribution in [0.3, 0.4) is 0 Å². The van der Waals surface area contributed by atoms with Crippen molar-refractivity contribution in [3.8, 4) is 11.5 Å². The minimum Gasteiger partial charge on any atom is -0.455 e. The second kappa shape index (κ2) is 9.41. The monoisotopic (exact) mass is 448 g/mol. The molecule has 158 valence electrons. The molecule has 0 amide bonds. The number of anilines is 1. The number of aromatic nitrogens is 2. The van der Waals surface area contributed by atoms with Crippen molar-refractivity contribution in [3.63, 3.8) is 0 Å². The molecule has 0 fully saturated rings. The molecule has 3 aromatic rings. The Hall–Kier alpha value is -2.69. The lowest BCUT2D eigenvalue weighted by Gasteiger charge is -2.13. The first-order valence-electron chi connectivity index (χ1n) is 8.93. The maximum absolute atomic E-state index is 14.8. The molecule has 0 unspecified atom stereocenters. The molecular formula is C20H21FN4O3S2. The van der Waals surface area contributed by atoms with E-state index in [0.29, 0.717) is 11.5 Å². The quantitative estimate of drug-likeness (QED) is 0.508. The van der Waals surface area contributed by atoms with Crippen LogP contribution in [-0.4, -0.2) is 31.7 Å². The van der Waals surface area contributed by atoms with Gasteiger partial charge in [0.1, 0.15) is 11.5 Å². The zero-order valence-corrected chi connectivity index (χ0v) is 18.3. The molecule has 0 saturated carbocycles. The van der Waals surface area contributed by atoms with Crippen molar-refractivity contribution in [2.75, 3.05) is 18.0 Å². The lowest BCUT2D eigenvalue weighted by molar-refractivity contribution is 0.475. The molecule has 0 bridgehead atoms. The van der Waals surface area contributed by atoms with Crippen LogP contribution in [0.1, 0.15) is 16.7 Å². The van der Waals surface area contributed by atoms with Crippen molar-refractivity contribution >= 4 is 27.8 Å². The average Bonchev–Trinajstić information content (AvgIpc) is 2.74. The lowest BCUT2D eigenvalue weighted by Crippen LogP contribution is -2.27. The Kier molecular flexibility index (Phi) is 6.91. The van der Waals surface area contributed by atoms with Gasteiger partial charge >= 0.3 is 0 Å². The predicted molar refractivity (Wildman–Crippen MR) is 116 cm³/mol. The van der Waals surface area contributed by atoms with E-state index in [1.165, 1.54) is 19.3 Å². The van der Waals surface area contributed by atoms with E-state index in [2.05, 4.69) is 19.4 Å². The maximum Gasteiger partial charge on any atom is 0.300 e. The smallest absolute Gasteiger partial charge is 0.300 e. The van der Waals surface area contributed by atoms with Crippen LogP contribution in [-0.2, 0) is 16.6 Å². The first kappa shape index (κ1) is 22.0. The normalized spacial score (nSPS) is 11.3. The van der Waals surface area contributed by atoms with E-state index in [1.54, 1.807) is 24.2 Å². The molecule has 0 aliphatic carbocycles. The Balaban J connectivity index is 1.84. The minimum atomic E-state index is -3.88. The topological polar surface area (TPSA) is 93.2 Å². The van der Waals surface area contributed by atoms with Crippen molar-refractivity contribution in [1.29, 1.82) is 0 Å². The molecule has 10 heteroatoms. The number of nitrogens with one attached hydrogen (secondary N) is 2. The second-order valence-corrected chi connectivity index (χ2v) is 8.82. The highest BCUT2D eigenvalue weighted by molar-refractivity contribution is 7.98. The van der Waals surface area contributed by atoms with Gasteiger partial charge in [-0.1, -0.05) is 0 Å². The van der Waals surface area contributed by atoms with Crippen LogP contribution in [0.25, 0.3) is 0 Å². The third-order valence-electron chi connectivity index (χ3n) is 4.41. The number of nitrogens with zero attached hydrogens (tertiary/aromatic N) is 2. The summed E-state index contributed by atoms with van der Waals surface area (Å²) in [5, 5.41) is 0. The molecular weight excluding hydrogens is 427 g/mol. The molecule has 0 spiro atoms. The molecule has 3 rings (SSSR count). The molecule has 0 atom stereocenters. The van der Waals surface area contributed by atoms with Crippen molar-refractivity contribution < 1.29 is 17.5 Å². The highest BCUT2D eigenvalue weighted by atomic mass is 32.2. The summed E-state index contributed by atoms with van der Waals surface area (Å²) in [4.78, 5) is 9.11. The van der Waals surface area contributed by atoms with E-state index in [9.17, 15) is 12.8 Å². The fourth-order valence-electron chi connectivity index (χ4n) is 2.67. The van der Waals surface area contributed by atoms with Gasteiger partial charge in [-0.2, -0.15) is 8.42 Å². The lowest BCUT2D eigenvalue weighted by atomic mass is 10.0.